The number of nitro benzene ring substituents is 1. The summed E-state index contributed by atoms with van der Waals surface area (Å²) in [6.45, 7) is -1.62. The molecule has 0 aromatic heterocycles. The smallest absolute Gasteiger partial charge is 0.422 e. The molecular weight excluding hydrogens is 330 g/mol. The third-order valence-corrected chi connectivity index (χ3v) is 2.79. The molecular formula is C8H4BrClF3NO3. The van der Waals surface area contributed by atoms with E-state index in [1.807, 2.05) is 0 Å². The van der Waals surface area contributed by atoms with E-state index in [-0.39, 0.29) is 9.50 Å². The van der Waals surface area contributed by atoms with E-state index in [9.17, 15) is 23.3 Å². The van der Waals surface area contributed by atoms with Crippen LogP contribution in [-0.2, 0) is 0 Å². The maximum absolute atomic E-state index is 11.9. The van der Waals surface area contributed by atoms with Crippen molar-refractivity contribution in [3.05, 3.63) is 31.7 Å². The van der Waals surface area contributed by atoms with E-state index in [4.69, 9.17) is 11.6 Å². The summed E-state index contributed by atoms with van der Waals surface area (Å²) in [7, 11) is 0. The Labute approximate surface area is 107 Å². The van der Waals surface area contributed by atoms with Gasteiger partial charge in [0.05, 0.1) is 9.95 Å². The average Bonchev–Trinajstić information content (AvgIpc) is 2.17. The number of rotatable bonds is 3. The molecule has 0 amide bonds. The molecule has 0 heterocycles. The van der Waals surface area contributed by atoms with Crippen LogP contribution in [0, 0.1) is 10.1 Å². The summed E-state index contributed by atoms with van der Waals surface area (Å²) in [5.41, 5.74) is -0.592. The number of alkyl halides is 3. The van der Waals surface area contributed by atoms with Gasteiger partial charge >= 0.3 is 11.9 Å². The highest BCUT2D eigenvalue weighted by molar-refractivity contribution is 9.10. The van der Waals surface area contributed by atoms with Crippen LogP contribution >= 0.6 is 27.5 Å². The summed E-state index contributed by atoms with van der Waals surface area (Å²) < 4.78 is 40.3. The molecule has 0 unspecified atom stereocenters. The molecule has 0 spiro atoms. The van der Waals surface area contributed by atoms with Gasteiger partial charge in [-0.15, -0.1) is 0 Å². The van der Waals surface area contributed by atoms with Gasteiger partial charge in [-0.1, -0.05) is 11.6 Å². The quantitative estimate of drug-likeness (QED) is 0.621. The Hall–Kier alpha value is -1.02. The molecule has 9 heteroatoms. The number of nitro groups is 1. The molecule has 94 valence electrons. The molecule has 4 nitrogen and oxygen atoms in total. The zero-order valence-electron chi connectivity index (χ0n) is 7.92. The number of halogens is 5. The Morgan fingerprint density at radius 2 is 2.06 bits per heavy atom. The highest BCUT2D eigenvalue weighted by Gasteiger charge is 2.30. The van der Waals surface area contributed by atoms with Crippen molar-refractivity contribution in [3.63, 3.8) is 0 Å². The van der Waals surface area contributed by atoms with Crippen LogP contribution in [-0.4, -0.2) is 17.7 Å². The molecule has 1 aromatic rings. The van der Waals surface area contributed by atoms with Crippen molar-refractivity contribution in [2.24, 2.45) is 0 Å². The molecule has 0 fully saturated rings. The predicted octanol–water partition coefficient (Wildman–Crippen LogP) is 3.95. The molecule has 0 saturated heterocycles. The lowest BCUT2D eigenvalue weighted by Gasteiger charge is -2.10. The first-order valence-electron chi connectivity index (χ1n) is 4.03. The van der Waals surface area contributed by atoms with E-state index in [1.54, 1.807) is 0 Å². The van der Waals surface area contributed by atoms with Gasteiger partial charge in [0.2, 0.25) is 0 Å². The molecule has 1 aromatic carbocycles. The molecule has 0 bridgehead atoms. The monoisotopic (exact) mass is 333 g/mol. The number of nitrogens with zero attached hydrogens (tertiary/aromatic N) is 1. The van der Waals surface area contributed by atoms with Crippen LogP contribution in [0.1, 0.15) is 0 Å². The summed E-state index contributed by atoms with van der Waals surface area (Å²) in [5, 5.41) is 10.6. The van der Waals surface area contributed by atoms with Gasteiger partial charge in [-0.3, -0.25) is 10.1 Å². The largest absolute Gasteiger partial charge is 0.477 e. The van der Waals surface area contributed by atoms with E-state index < -0.39 is 29.1 Å². The molecule has 0 aliphatic rings. The lowest BCUT2D eigenvalue weighted by atomic mass is 10.3. The predicted molar refractivity (Wildman–Crippen MR) is 57.4 cm³/mol. The summed E-state index contributed by atoms with van der Waals surface area (Å²) in [5.74, 6) is -0.527. The maximum Gasteiger partial charge on any atom is 0.422 e. The van der Waals surface area contributed by atoms with Crippen LogP contribution in [0.2, 0.25) is 5.02 Å². The van der Waals surface area contributed by atoms with E-state index in [1.165, 1.54) is 0 Å². The zero-order chi connectivity index (χ0) is 13.2. The first-order valence-corrected chi connectivity index (χ1v) is 5.21. The second-order valence-electron chi connectivity index (χ2n) is 2.90. The molecule has 0 atom stereocenters. The van der Waals surface area contributed by atoms with Crippen molar-refractivity contribution in [2.45, 2.75) is 6.18 Å². The Bertz CT molecular complexity index is 452. The van der Waals surface area contributed by atoms with Crippen LogP contribution in [0.3, 0.4) is 0 Å². The van der Waals surface area contributed by atoms with Crippen molar-refractivity contribution >= 4 is 33.2 Å². The number of hydrogen-bond acceptors (Lipinski definition) is 3. The van der Waals surface area contributed by atoms with Gasteiger partial charge in [0.25, 0.3) is 0 Å². The molecule has 1 rings (SSSR count). The fourth-order valence-corrected chi connectivity index (χ4v) is 1.42. The topological polar surface area (TPSA) is 52.4 Å². The van der Waals surface area contributed by atoms with Crippen molar-refractivity contribution in [3.8, 4) is 5.75 Å². The molecule has 0 aliphatic carbocycles. The Kier molecular flexibility index (Phi) is 4.21. The van der Waals surface area contributed by atoms with E-state index >= 15 is 0 Å². The summed E-state index contributed by atoms with van der Waals surface area (Å²) >= 11 is 8.53. The van der Waals surface area contributed by atoms with Crippen LogP contribution < -0.4 is 4.74 Å². The molecule has 0 saturated carbocycles. The number of hydrogen-bond donors (Lipinski definition) is 0. The van der Waals surface area contributed by atoms with Crippen molar-refractivity contribution in [2.75, 3.05) is 6.61 Å². The summed E-state index contributed by atoms with van der Waals surface area (Å²) in [4.78, 5) is 9.74. The van der Waals surface area contributed by atoms with E-state index in [0.717, 1.165) is 12.1 Å². The van der Waals surface area contributed by atoms with Gasteiger partial charge in [-0.05, 0) is 15.9 Å². The van der Waals surface area contributed by atoms with Crippen molar-refractivity contribution in [1.29, 1.82) is 0 Å². The molecule has 17 heavy (non-hydrogen) atoms. The highest BCUT2D eigenvalue weighted by atomic mass is 79.9. The standard InChI is InChI=1S/C8H4BrClF3NO3/c9-4-1-6(14(15)16)7(2-5(4)10)17-3-8(11,12)13/h1-2H,3H2. The van der Waals surface area contributed by atoms with Crippen molar-refractivity contribution < 1.29 is 22.8 Å². The molecule has 0 N–H and O–H groups in total. The second-order valence-corrected chi connectivity index (χ2v) is 4.16. The second kappa shape index (κ2) is 5.09. The fourth-order valence-electron chi connectivity index (χ4n) is 0.936. The van der Waals surface area contributed by atoms with Gasteiger partial charge in [-0.2, -0.15) is 13.2 Å². The number of ether oxygens (including phenoxy) is 1. The lowest BCUT2D eigenvalue weighted by Crippen LogP contribution is -2.19. The van der Waals surface area contributed by atoms with Gasteiger partial charge in [0.1, 0.15) is 0 Å². The third-order valence-electron chi connectivity index (χ3n) is 1.59. The molecule has 0 aliphatic heterocycles. The minimum atomic E-state index is -4.58. The third kappa shape index (κ3) is 4.04. The van der Waals surface area contributed by atoms with Crippen LogP contribution in [0.5, 0.6) is 5.75 Å². The Balaban J connectivity index is 3.05. The van der Waals surface area contributed by atoms with Crippen molar-refractivity contribution in [1.82, 2.24) is 0 Å². The summed E-state index contributed by atoms with van der Waals surface area (Å²) in [6, 6.07) is 1.93. The van der Waals surface area contributed by atoms with Crippen LogP contribution in [0.15, 0.2) is 16.6 Å². The van der Waals surface area contributed by atoms with Gasteiger partial charge < -0.3 is 4.74 Å². The average molecular weight is 334 g/mol. The fraction of sp³-hybridized carbons (Fsp3) is 0.250. The van der Waals surface area contributed by atoms with Gasteiger partial charge in [-0.25, -0.2) is 0 Å². The Morgan fingerprint density at radius 1 is 1.47 bits per heavy atom. The maximum atomic E-state index is 11.9. The normalized spacial score (nSPS) is 11.4. The van der Waals surface area contributed by atoms with Gasteiger partial charge in [0, 0.05) is 16.6 Å². The minimum absolute atomic E-state index is 0.0211. The molecule has 0 radical (unpaired) electrons. The van der Waals surface area contributed by atoms with E-state index in [2.05, 4.69) is 20.7 Å². The SMILES string of the molecule is O=[N+]([O-])c1cc(Br)c(Cl)cc1OCC(F)(F)F. The van der Waals surface area contributed by atoms with Gasteiger partial charge in [0.15, 0.2) is 12.4 Å². The zero-order valence-corrected chi connectivity index (χ0v) is 10.3. The first kappa shape index (κ1) is 14.0. The van der Waals surface area contributed by atoms with Crippen LogP contribution in [0.25, 0.3) is 0 Å². The van der Waals surface area contributed by atoms with E-state index in [0.29, 0.717) is 0 Å². The lowest BCUT2D eigenvalue weighted by molar-refractivity contribution is -0.386. The minimum Gasteiger partial charge on any atom is -0.477 e. The Morgan fingerprint density at radius 3 is 2.53 bits per heavy atom. The first-order chi connectivity index (χ1) is 7.70. The summed E-state index contributed by atoms with van der Waals surface area (Å²) in [6.07, 6.45) is -4.58. The van der Waals surface area contributed by atoms with Crippen LogP contribution in [0.4, 0.5) is 18.9 Å². The number of benzene rings is 1. The highest BCUT2D eigenvalue weighted by Crippen LogP contribution is 2.36.